The van der Waals surface area contributed by atoms with Gasteiger partial charge in [0.2, 0.25) is 0 Å². The van der Waals surface area contributed by atoms with Crippen LogP contribution in [0, 0.1) is 0 Å². The largest absolute Gasteiger partial charge is 0.508 e. The molecule has 4 nitrogen and oxygen atoms in total. The summed E-state index contributed by atoms with van der Waals surface area (Å²) in [4.78, 5) is 0. The Labute approximate surface area is 102 Å². The third kappa shape index (κ3) is 1.87. The van der Waals surface area contributed by atoms with Gasteiger partial charge in [0.25, 0.3) is 0 Å². The lowest BCUT2D eigenvalue weighted by atomic mass is 10.0. The number of phenols is 1. The molecule has 0 bridgehead atoms. The predicted molar refractivity (Wildman–Crippen MR) is 62.7 cm³/mol. The standard InChI is InChI=1S/C10H9Cl2N3O/c11-6-1-2-7(16)8(9(6)12)10(13)5-3-14-15-4-5/h1-4,10,16H,13H2,(H,14,15). The van der Waals surface area contributed by atoms with Gasteiger partial charge in [-0.15, -0.1) is 0 Å². The van der Waals surface area contributed by atoms with Crippen LogP contribution in [-0.4, -0.2) is 15.3 Å². The average molecular weight is 258 g/mol. The Morgan fingerprint density at radius 2 is 2.12 bits per heavy atom. The molecular formula is C10H9Cl2N3O. The Morgan fingerprint density at radius 1 is 1.38 bits per heavy atom. The fourth-order valence-electron chi connectivity index (χ4n) is 1.45. The Morgan fingerprint density at radius 3 is 2.75 bits per heavy atom. The number of rotatable bonds is 2. The summed E-state index contributed by atoms with van der Waals surface area (Å²) >= 11 is 11.9. The van der Waals surface area contributed by atoms with Crippen molar-refractivity contribution in [1.29, 1.82) is 0 Å². The van der Waals surface area contributed by atoms with Crippen molar-refractivity contribution in [3.63, 3.8) is 0 Å². The fraction of sp³-hybridized carbons (Fsp3) is 0.100. The summed E-state index contributed by atoms with van der Waals surface area (Å²) in [5.74, 6) is 0.0168. The van der Waals surface area contributed by atoms with Gasteiger partial charge in [-0.2, -0.15) is 5.10 Å². The van der Waals surface area contributed by atoms with Crippen molar-refractivity contribution in [3.8, 4) is 5.75 Å². The number of aromatic amines is 1. The third-order valence-electron chi connectivity index (χ3n) is 2.30. The first-order chi connectivity index (χ1) is 7.61. The number of nitrogens with one attached hydrogen (secondary N) is 1. The molecule has 2 aromatic rings. The summed E-state index contributed by atoms with van der Waals surface area (Å²) in [6.45, 7) is 0. The molecular weight excluding hydrogens is 249 g/mol. The number of aromatic hydroxyl groups is 1. The van der Waals surface area contributed by atoms with E-state index < -0.39 is 6.04 Å². The van der Waals surface area contributed by atoms with Gasteiger partial charge in [-0.3, -0.25) is 5.10 Å². The second-order valence-electron chi connectivity index (χ2n) is 3.30. The molecule has 0 saturated carbocycles. The second-order valence-corrected chi connectivity index (χ2v) is 4.09. The Kier molecular flexibility index (Phi) is 3.05. The van der Waals surface area contributed by atoms with E-state index in [2.05, 4.69) is 10.2 Å². The van der Waals surface area contributed by atoms with E-state index in [0.29, 0.717) is 10.6 Å². The molecule has 1 aromatic heterocycles. The van der Waals surface area contributed by atoms with Crippen molar-refractivity contribution in [2.24, 2.45) is 5.73 Å². The van der Waals surface area contributed by atoms with Crippen LogP contribution in [-0.2, 0) is 0 Å². The van der Waals surface area contributed by atoms with Crippen LogP contribution in [0.3, 0.4) is 0 Å². The molecule has 0 amide bonds. The van der Waals surface area contributed by atoms with Crippen molar-refractivity contribution in [2.75, 3.05) is 0 Å². The average Bonchev–Trinajstić information content (AvgIpc) is 2.77. The quantitative estimate of drug-likeness (QED) is 0.774. The maximum atomic E-state index is 9.73. The Bertz CT molecular complexity index is 499. The van der Waals surface area contributed by atoms with Crippen molar-refractivity contribution >= 4 is 23.2 Å². The number of halogens is 2. The van der Waals surface area contributed by atoms with Crippen LogP contribution in [0.25, 0.3) is 0 Å². The summed E-state index contributed by atoms with van der Waals surface area (Å²) in [5.41, 5.74) is 7.09. The minimum Gasteiger partial charge on any atom is -0.508 e. The Balaban J connectivity index is 2.52. The van der Waals surface area contributed by atoms with E-state index in [1.165, 1.54) is 12.1 Å². The van der Waals surface area contributed by atoms with Gasteiger partial charge in [0.15, 0.2) is 0 Å². The molecule has 1 aromatic carbocycles. The van der Waals surface area contributed by atoms with Crippen molar-refractivity contribution in [2.45, 2.75) is 6.04 Å². The van der Waals surface area contributed by atoms with E-state index in [1.807, 2.05) is 0 Å². The highest BCUT2D eigenvalue weighted by Crippen LogP contribution is 2.37. The van der Waals surface area contributed by atoms with Gasteiger partial charge in [0.1, 0.15) is 5.75 Å². The molecule has 84 valence electrons. The summed E-state index contributed by atoms with van der Waals surface area (Å²) in [5, 5.41) is 16.8. The van der Waals surface area contributed by atoms with Crippen molar-refractivity contribution < 1.29 is 5.11 Å². The van der Waals surface area contributed by atoms with Gasteiger partial charge in [0.05, 0.1) is 22.3 Å². The van der Waals surface area contributed by atoms with Crippen molar-refractivity contribution in [3.05, 3.63) is 45.7 Å². The molecule has 2 rings (SSSR count). The van der Waals surface area contributed by atoms with Crippen molar-refractivity contribution in [1.82, 2.24) is 10.2 Å². The molecule has 0 fully saturated rings. The molecule has 0 spiro atoms. The minimum absolute atomic E-state index is 0.0168. The van der Waals surface area contributed by atoms with Crippen LogP contribution in [0.4, 0.5) is 0 Å². The second kappa shape index (κ2) is 4.33. The summed E-state index contributed by atoms with van der Waals surface area (Å²) in [6.07, 6.45) is 3.21. The lowest BCUT2D eigenvalue weighted by Crippen LogP contribution is -2.12. The molecule has 6 heteroatoms. The number of nitrogens with two attached hydrogens (primary N) is 1. The summed E-state index contributed by atoms with van der Waals surface area (Å²) in [6, 6.07) is 2.42. The van der Waals surface area contributed by atoms with E-state index >= 15 is 0 Å². The van der Waals surface area contributed by atoms with Crippen LogP contribution in [0.5, 0.6) is 5.75 Å². The first-order valence-electron chi connectivity index (χ1n) is 4.52. The Hall–Kier alpha value is -1.23. The minimum atomic E-state index is -0.565. The van der Waals surface area contributed by atoms with E-state index in [1.54, 1.807) is 12.4 Å². The van der Waals surface area contributed by atoms with Gasteiger partial charge in [-0.1, -0.05) is 23.2 Å². The molecule has 0 aliphatic heterocycles. The molecule has 4 N–H and O–H groups in total. The van der Waals surface area contributed by atoms with E-state index in [9.17, 15) is 5.11 Å². The van der Waals surface area contributed by atoms with Crippen LogP contribution < -0.4 is 5.73 Å². The molecule has 1 atom stereocenters. The van der Waals surface area contributed by atoms with E-state index in [-0.39, 0.29) is 10.8 Å². The SMILES string of the molecule is NC(c1cn[nH]c1)c1c(O)ccc(Cl)c1Cl. The zero-order valence-electron chi connectivity index (χ0n) is 8.11. The van der Waals surface area contributed by atoms with E-state index in [0.717, 1.165) is 5.56 Å². The lowest BCUT2D eigenvalue weighted by molar-refractivity contribution is 0.465. The molecule has 0 aliphatic carbocycles. The topological polar surface area (TPSA) is 74.9 Å². The zero-order chi connectivity index (χ0) is 11.7. The predicted octanol–water partition coefficient (Wildman–Crippen LogP) is 2.47. The maximum Gasteiger partial charge on any atom is 0.122 e. The number of hydrogen-bond donors (Lipinski definition) is 3. The number of hydrogen-bond acceptors (Lipinski definition) is 3. The highest BCUT2D eigenvalue weighted by Gasteiger charge is 2.19. The van der Waals surface area contributed by atoms with Gasteiger partial charge in [0, 0.05) is 17.3 Å². The number of aromatic nitrogens is 2. The summed E-state index contributed by atoms with van der Waals surface area (Å²) in [7, 11) is 0. The normalized spacial score (nSPS) is 12.7. The molecule has 0 saturated heterocycles. The summed E-state index contributed by atoms with van der Waals surface area (Å²) < 4.78 is 0. The third-order valence-corrected chi connectivity index (χ3v) is 3.12. The smallest absolute Gasteiger partial charge is 0.122 e. The van der Waals surface area contributed by atoms with Gasteiger partial charge >= 0.3 is 0 Å². The first kappa shape index (κ1) is 11.3. The first-order valence-corrected chi connectivity index (χ1v) is 5.28. The van der Waals surface area contributed by atoms with Gasteiger partial charge in [-0.25, -0.2) is 0 Å². The lowest BCUT2D eigenvalue weighted by Gasteiger charge is -2.14. The van der Waals surface area contributed by atoms with Gasteiger partial charge < -0.3 is 10.8 Å². The molecule has 0 radical (unpaired) electrons. The number of nitrogens with zero attached hydrogens (tertiary/aromatic N) is 1. The van der Waals surface area contributed by atoms with Crippen LogP contribution >= 0.6 is 23.2 Å². The highest BCUT2D eigenvalue weighted by molar-refractivity contribution is 6.42. The van der Waals surface area contributed by atoms with Gasteiger partial charge in [-0.05, 0) is 12.1 Å². The monoisotopic (exact) mass is 257 g/mol. The molecule has 16 heavy (non-hydrogen) atoms. The number of phenolic OH excluding ortho intramolecular Hbond substituents is 1. The highest BCUT2D eigenvalue weighted by atomic mass is 35.5. The van der Waals surface area contributed by atoms with Crippen LogP contribution in [0.1, 0.15) is 17.2 Å². The molecule has 0 aliphatic rings. The van der Waals surface area contributed by atoms with E-state index in [4.69, 9.17) is 28.9 Å². The number of H-pyrrole nitrogens is 1. The van der Waals surface area contributed by atoms with Crippen LogP contribution in [0.15, 0.2) is 24.5 Å². The molecule has 1 unspecified atom stereocenters. The maximum absolute atomic E-state index is 9.73. The van der Waals surface area contributed by atoms with Crippen LogP contribution in [0.2, 0.25) is 10.0 Å². The number of benzene rings is 1. The fourth-order valence-corrected chi connectivity index (χ4v) is 1.89. The zero-order valence-corrected chi connectivity index (χ0v) is 9.63. The molecule has 1 heterocycles.